The summed E-state index contributed by atoms with van der Waals surface area (Å²) in [5.41, 5.74) is 6.45. The van der Waals surface area contributed by atoms with Gasteiger partial charge in [0.2, 0.25) is 0 Å². The quantitative estimate of drug-likeness (QED) is 0.450. The fraction of sp³-hybridized carbons (Fsp3) is 0.375. The molecule has 0 fully saturated rings. The van der Waals surface area contributed by atoms with Gasteiger partial charge in [0, 0.05) is 46.5 Å². The van der Waals surface area contributed by atoms with E-state index in [0.717, 1.165) is 39.9 Å². The minimum absolute atomic E-state index is 0.675. The number of hydrogen-bond acceptors (Lipinski definition) is 6. The fourth-order valence-electron chi connectivity index (χ4n) is 0.773. The molecule has 10 nitrogen and oxygen atoms in total. The molecule has 0 saturated carbocycles. The molecule has 150 valence electrons. The van der Waals surface area contributed by atoms with E-state index in [1.54, 1.807) is 0 Å². The number of nitrogens with two attached hydrogens (primary N) is 1. The van der Waals surface area contributed by atoms with Crippen LogP contribution < -0.4 is 11.1 Å². The molecule has 0 heterocycles. The van der Waals surface area contributed by atoms with E-state index in [2.05, 4.69) is 5.32 Å². The van der Waals surface area contributed by atoms with Gasteiger partial charge in [-0.3, -0.25) is 19.2 Å². The number of nitrogens with one attached hydrogen (secondary N) is 1. The molecule has 10 heteroatoms. The molecule has 26 heavy (non-hydrogen) atoms. The summed E-state index contributed by atoms with van der Waals surface area (Å²) in [6.07, 6.45) is 0. The first kappa shape index (κ1) is 30.7. The summed E-state index contributed by atoms with van der Waals surface area (Å²) in [6, 6.07) is 10.0. The van der Waals surface area contributed by atoms with E-state index in [1.165, 1.54) is 0 Å². The van der Waals surface area contributed by atoms with Crippen molar-refractivity contribution in [1.82, 2.24) is 0 Å². The number of anilines is 1. The number of aliphatic carboxylic acids is 4. The van der Waals surface area contributed by atoms with Gasteiger partial charge in [-0.1, -0.05) is 18.2 Å². The van der Waals surface area contributed by atoms with E-state index in [9.17, 15) is 0 Å². The number of benzene rings is 1. The Morgan fingerprint density at radius 1 is 0.769 bits per heavy atom. The molecule has 0 aliphatic heterocycles. The summed E-state index contributed by atoms with van der Waals surface area (Å²) in [4.78, 5) is 36.0. The maximum atomic E-state index is 9.00. The van der Waals surface area contributed by atoms with Crippen LogP contribution in [0.15, 0.2) is 30.3 Å². The van der Waals surface area contributed by atoms with Crippen LogP contribution in [-0.4, -0.2) is 57.4 Å². The molecule has 0 amide bonds. The smallest absolute Gasteiger partial charge is 0.300 e. The lowest BCUT2D eigenvalue weighted by Crippen LogP contribution is -2.12. The van der Waals surface area contributed by atoms with Crippen LogP contribution in [-0.2, 0) is 19.2 Å². The van der Waals surface area contributed by atoms with Gasteiger partial charge in [-0.25, -0.2) is 0 Å². The second kappa shape index (κ2) is 24.1. The van der Waals surface area contributed by atoms with Crippen molar-refractivity contribution in [2.24, 2.45) is 5.73 Å². The Labute approximate surface area is 152 Å². The van der Waals surface area contributed by atoms with Crippen LogP contribution in [0.1, 0.15) is 27.7 Å². The van der Waals surface area contributed by atoms with E-state index in [4.69, 9.17) is 45.3 Å². The van der Waals surface area contributed by atoms with Gasteiger partial charge in [-0.15, -0.1) is 0 Å². The SMILES string of the molecule is CC(=O)O.CC(=O)O.CC(=O)O.CC(=O)O.NCCNc1ccccc1. The highest BCUT2D eigenvalue weighted by Gasteiger charge is 1.84. The first-order valence-electron chi connectivity index (χ1n) is 7.13. The van der Waals surface area contributed by atoms with Gasteiger partial charge in [0.1, 0.15) is 0 Å². The average Bonchev–Trinajstić information content (AvgIpc) is 2.44. The third-order valence-electron chi connectivity index (χ3n) is 1.25. The van der Waals surface area contributed by atoms with Gasteiger partial charge in [0.25, 0.3) is 23.9 Å². The number of carboxylic acid groups (broad SMARTS) is 4. The Morgan fingerprint density at radius 3 is 1.27 bits per heavy atom. The second-order valence-electron chi connectivity index (χ2n) is 4.16. The van der Waals surface area contributed by atoms with Crippen molar-refractivity contribution >= 4 is 29.6 Å². The molecule has 0 unspecified atom stereocenters. The molecule has 0 bridgehead atoms. The zero-order valence-electron chi connectivity index (χ0n) is 15.3. The monoisotopic (exact) mass is 376 g/mol. The maximum absolute atomic E-state index is 9.00. The number of para-hydroxylation sites is 1. The Bertz CT molecular complexity index is 428. The molecule has 0 spiro atoms. The molecule has 1 rings (SSSR count). The molecule has 1 aromatic carbocycles. The topological polar surface area (TPSA) is 187 Å². The normalized spacial score (nSPS) is 7.42. The van der Waals surface area contributed by atoms with Crippen LogP contribution in [0, 0.1) is 0 Å². The van der Waals surface area contributed by atoms with Crippen molar-refractivity contribution in [3.8, 4) is 0 Å². The Kier molecular flexibility index (Phi) is 28.5. The van der Waals surface area contributed by atoms with Crippen molar-refractivity contribution in [2.45, 2.75) is 27.7 Å². The van der Waals surface area contributed by atoms with Gasteiger partial charge in [0.05, 0.1) is 0 Å². The summed E-state index contributed by atoms with van der Waals surface area (Å²) in [6.45, 7) is 5.85. The highest BCUT2D eigenvalue weighted by molar-refractivity contribution is 5.63. The van der Waals surface area contributed by atoms with E-state index < -0.39 is 23.9 Å². The lowest BCUT2D eigenvalue weighted by molar-refractivity contribution is -0.135. The van der Waals surface area contributed by atoms with E-state index >= 15 is 0 Å². The van der Waals surface area contributed by atoms with Crippen LogP contribution in [0.2, 0.25) is 0 Å². The largest absolute Gasteiger partial charge is 0.481 e. The maximum Gasteiger partial charge on any atom is 0.300 e. The molecule has 0 radical (unpaired) electrons. The molecule has 0 saturated heterocycles. The van der Waals surface area contributed by atoms with Crippen molar-refractivity contribution in [1.29, 1.82) is 0 Å². The summed E-state index contributed by atoms with van der Waals surface area (Å²) in [7, 11) is 0. The van der Waals surface area contributed by atoms with Gasteiger partial charge in [-0.2, -0.15) is 0 Å². The van der Waals surface area contributed by atoms with Crippen LogP contribution in [0.3, 0.4) is 0 Å². The molecular weight excluding hydrogens is 348 g/mol. The van der Waals surface area contributed by atoms with Crippen molar-refractivity contribution in [3.63, 3.8) is 0 Å². The second-order valence-corrected chi connectivity index (χ2v) is 4.16. The van der Waals surface area contributed by atoms with Gasteiger partial charge in [0.15, 0.2) is 0 Å². The van der Waals surface area contributed by atoms with Gasteiger partial charge < -0.3 is 31.5 Å². The standard InChI is InChI=1S/C8H12N2.4C2H4O2/c9-6-7-10-8-4-2-1-3-5-8;4*1-2(3)4/h1-5,10H,6-7,9H2;4*1H3,(H,3,4). The summed E-state index contributed by atoms with van der Waals surface area (Å²) >= 11 is 0. The summed E-state index contributed by atoms with van der Waals surface area (Å²) in [5.74, 6) is -3.33. The third kappa shape index (κ3) is 105. The molecule has 0 aliphatic carbocycles. The Morgan fingerprint density at radius 2 is 1.04 bits per heavy atom. The summed E-state index contributed by atoms with van der Waals surface area (Å²) in [5, 5.41) is 32.8. The number of carboxylic acids is 4. The van der Waals surface area contributed by atoms with Crippen LogP contribution in [0.5, 0.6) is 0 Å². The zero-order chi connectivity index (χ0) is 21.5. The molecule has 7 N–H and O–H groups in total. The number of carbonyl (C=O) groups is 4. The molecular formula is C16H28N2O8. The molecule has 0 aromatic heterocycles. The molecule has 0 atom stereocenters. The lowest BCUT2D eigenvalue weighted by Gasteiger charge is -2.01. The van der Waals surface area contributed by atoms with Gasteiger partial charge >= 0.3 is 0 Å². The highest BCUT2D eigenvalue weighted by Crippen LogP contribution is 2.02. The van der Waals surface area contributed by atoms with Crippen LogP contribution in [0.4, 0.5) is 5.69 Å². The van der Waals surface area contributed by atoms with E-state index in [0.29, 0.717) is 6.54 Å². The van der Waals surface area contributed by atoms with E-state index in [1.807, 2.05) is 30.3 Å². The lowest BCUT2D eigenvalue weighted by atomic mass is 10.3. The minimum Gasteiger partial charge on any atom is -0.481 e. The first-order chi connectivity index (χ1) is 11.9. The fourth-order valence-corrected chi connectivity index (χ4v) is 0.773. The first-order valence-corrected chi connectivity index (χ1v) is 7.13. The van der Waals surface area contributed by atoms with E-state index in [-0.39, 0.29) is 0 Å². The minimum atomic E-state index is -0.833. The van der Waals surface area contributed by atoms with Crippen molar-refractivity contribution < 1.29 is 39.6 Å². The zero-order valence-corrected chi connectivity index (χ0v) is 15.3. The Hall–Kier alpha value is -3.14. The summed E-state index contributed by atoms with van der Waals surface area (Å²) < 4.78 is 0. The molecule has 0 aliphatic rings. The third-order valence-corrected chi connectivity index (χ3v) is 1.25. The molecule has 1 aromatic rings. The van der Waals surface area contributed by atoms with Crippen molar-refractivity contribution in [2.75, 3.05) is 18.4 Å². The van der Waals surface area contributed by atoms with Crippen LogP contribution in [0.25, 0.3) is 0 Å². The van der Waals surface area contributed by atoms with Crippen LogP contribution >= 0.6 is 0 Å². The predicted octanol–water partition coefficient (Wildman–Crippen LogP) is 1.42. The number of hydrogen-bond donors (Lipinski definition) is 6. The number of rotatable bonds is 3. The average molecular weight is 376 g/mol. The Balaban J connectivity index is -0.000000129. The van der Waals surface area contributed by atoms with Gasteiger partial charge in [-0.05, 0) is 12.1 Å². The predicted molar refractivity (Wildman–Crippen MR) is 97.2 cm³/mol. The van der Waals surface area contributed by atoms with Crippen molar-refractivity contribution in [3.05, 3.63) is 30.3 Å². The highest BCUT2D eigenvalue weighted by atomic mass is 16.4.